The summed E-state index contributed by atoms with van der Waals surface area (Å²) >= 11 is 0. The molecule has 1 heterocycles. The summed E-state index contributed by atoms with van der Waals surface area (Å²) in [5.74, 6) is 1.17. The normalized spacial score (nSPS) is 14.8. The Morgan fingerprint density at radius 1 is 1.35 bits per heavy atom. The van der Waals surface area contributed by atoms with Crippen molar-refractivity contribution >= 4 is 0 Å². The Kier molecular flexibility index (Phi) is 5.69. The fraction of sp³-hybridized carbons (Fsp3) is 0.786. The molecule has 1 rings (SSSR count). The maximum absolute atomic E-state index is 6.01. The van der Waals surface area contributed by atoms with Gasteiger partial charge >= 0.3 is 0 Å². The lowest BCUT2D eigenvalue weighted by Crippen LogP contribution is -2.30. The van der Waals surface area contributed by atoms with Crippen molar-refractivity contribution in [3.8, 4) is 0 Å². The molecule has 0 saturated carbocycles. The minimum Gasteiger partial charge on any atom is -0.338 e. The molecule has 1 aromatic rings. The molecule has 0 aliphatic heterocycles. The fourth-order valence-electron chi connectivity index (χ4n) is 2.39. The molecule has 1 atom stereocenters. The van der Waals surface area contributed by atoms with Gasteiger partial charge in [-0.3, -0.25) is 0 Å². The van der Waals surface area contributed by atoms with Crippen LogP contribution in [0.2, 0.25) is 0 Å². The smallest absolute Gasteiger partial charge is 0.108 e. The number of aromatic nitrogens is 2. The number of nitrogens with zero attached hydrogens (tertiary/aromatic N) is 2. The van der Waals surface area contributed by atoms with E-state index in [0.29, 0.717) is 5.41 Å². The van der Waals surface area contributed by atoms with Crippen molar-refractivity contribution in [3.63, 3.8) is 0 Å². The van der Waals surface area contributed by atoms with E-state index in [1.165, 1.54) is 31.5 Å². The van der Waals surface area contributed by atoms with Gasteiger partial charge in [0.1, 0.15) is 5.82 Å². The minimum absolute atomic E-state index is 0.321. The summed E-state index contributed by atoms with van der Waals surface area (Å²) in [6.07, 6.45) is 11.0. The van der Waals surface area contributed by atoms with Crippen molar-refractivity contribution < 1.29 is 0 Å². The Morgan fingerprint density at radius 3 is 2.59 bits per heavy atom. The molecule has 98 valence electrons. The molecule has 0 amide bonds. The molecule has 0 fully saturated rings. The lowest BCUT2D eigenvalue weighted by atomic mass is 9.76. The molecule has 0 radical (unpaired) electrons. The highest BCUT2D eigenvalue weighted by atomic mass is 15.0. The molecule has 0 aliphatic rings. The summed E-state index contributed by atoms with van der Waals surface area (Å²) in [5, 5.41) is 0. The molecule has 17 heavy (non-hydrogen) atoms. The third-order valence-electron chi connectivity index (χ3n) is 4.04. The second-order valence-electron chi connectivity index (χ2n) is 5.12. The molecule has 0 bridgehead atoms. The van der Waals surface area contributed by atoms with Gasteiger partial charge in [0.15, 0.2) is 0 Å². The Morgan fingerprint density at radius 2 is 2.12 bits per heavy atom. The molecule has 1 aromatic heterocycles. The number of aryl methyl sites for hydroxylation is 2. The number of hydrogen-bond donors (Lipinski definition) is 1. The number of nitrogens with two attached hydrogens (primary N) is 1. The predicted molar refractivity (Wildman–Crippen MR) is 72.8 cm³/mol. The lowest BCUT2D eigenvalue weighted by molar-refractivity contribution is 0.230. The van der Waals surface area contributed by atoms with Crippen LogP contribution in [0.25, 0.3) is 0 Å². The van der Waals surface area contributed by atoms with Gasteiger partial charge in [-0.2, -0.15) is 0 Å². The fourth-order valence-corrected chi connectivity index (χ4v) is 2.39. The number of rotatable bonds is 8. The monoisotopic (exact) mass is 237 g/mol. The van der Waals surface area contributed by atoms with Crippen molar-refractivity contribution in [1.82, 2.24) is 9.55 Å². The Bertz CT molecular complexity index is 313. The van der Waals surface area contributed by atoms with Gasteiger partial charge in [0.2, 0.25) is 0 Å². The molecule has 3 nitrogen and oxygen atoms in total. The van der Waals surface area contributed by atoms with E-state index >= 15 is 0 Å². The highest BCUT2D eigenvalue weighted by Gasteiger charge is 2.25. The van der Waals surface area contributed by atoms with Gasteiger partial charge in [0.05, 0.1) is 0 Å². The van der Waals surface area contributed by atoms with E-state index in [4.69, 9.17) is 5.73 Å². The van der Waals surface area contributed by atoms with Crippen molar-refractivity contribution in [2.75, 3.05) is 6.54 Å². The third kappa shape index (κ3) is 3.84. The van der Waals surface area contributed by atoms with Crippen LogP contribution in [0, 0.1) is 5.41 Å². The summed E-state index contributed by atoms with van der Waals surface area (Å²) in [6, 6.07) is 0. The van der Waals surface area contributed by atoms with Gasteiger partial charge in [0.25, 0.3) is 0 Å². The SMILES string of the molecule is CCCCC(CC)(CN)CCc1nccn1C. The average molecular weight is 237 g/mol. The van der Waals surface area contributed by atoms with Crippen LogP contribution in [0.5, 0.6) is 0 Å². The Labute approximate surface area is 105 Å². The highest BCUT2D eigenvalue weighted by Crippen LogP contribution is 2.32. The minimum atomic E-state index is 0.321. The van der Waals surface area contributed by atoms with Crippen molar-refractivity contribution in [2.45, 2.75) is 52.4 Å². The Balaban J connectivity index is 2.57. The lowest BCUT2D eigenvalue weighted by Gasteiger charge is -2.31. The molecule has 0 saturated heterocycles. The van der Waals surface area contributed by atoms with Crippen LogP contribution >= 0.6 is 0 Å². The molecular formula is C14H27N3. The first-order chi connectivity index (χ1) is 8.17. The molecular weight excluding hydrogens is 210 g/mol. The van der Waals surface area contributed by atoms with Crippen molar-refractivity contribution in [3.05, 3.63) is 18.2 Å². The van der Waals surface area contributed by atoms with E-state index in [2.05, 4.69) is 30.4 Å². The van der Waals surface area contributed by atoms with Crippen LogP contribution in [0.15, 0.2) is 12.4 Å². The van der Waals surface area contributed by atoms with Crippen LogP contribution in [0.3, 0.4) is 0 Å². The van der Waals surface area contributed by atoms with E-state index in [1.807, 2.05) is 12.4 Å². The molecule has 0 spiro atoms. The first kappa shape index (κ1) is 14.2. The van der Waals surface area contributed by atoms with Crippen LogP contribution < -0.4 is 5.73 Å². The number of hydrogen-bond acceptors (Lipinski definition) is 2. The van der Waals surface area contributed by atoms with Gasteiger partial charge in [0, 0.05) is 25.9 Å². The summed E-state index contributed by atoms with van der Waals surface area (Å²) < 4.78 is 2.11. The maximum atomic E-state index is 6.01. The molecule has 0 aromatic carbocycles. The zero-order chi connectivity index (χ0) is 12.7. The highest BCUT2D eigenvalue weighted by molar-refractivity contribution is 4.93. The van der Waals surface area contributed by atoms with Crippen LogP contribution in [-0.2, 0) is 13.5 Å². The molecule has 0 aliphatic carbocycles. The quantitative estimate of drug-likeness (QED) is 0.755. The molecule has 3 heteroatoms. The summed E-state index contributed by atoms with van der Waals surface area (Å²) in [4.78, 5) is 4.39. The van der Waals surface area contributed by atoms with Crippen LogP contribution in [0.4, 0.5) is 0 Å². The van der Waals surface area contributed by atoms with Gasteiger partial charge in [-0.15, -0.1) is 0 Å². The average Bonchev–Trinajstić information content (AvgIpc) is 2.76. The second kappa shape index (κ2) is 6.80. The summed E-state index contributed by atoms with van der Waals surface area (Å²) in [6.45, 7) is 5.31. The summed E-state index contributed by atoms with van der Waals surface area (Å²) in [5.41, 5.74) is 6.33. The van der Waals surface area contributed by atoms with Gasteiger partial charge in [-0.25, -0.2) is 4.98 Å². The first-order valence-corrected chi connectivity index (χ1v) is 6.83. The van der Waals surface area contributed by atoms with E-state index in [0.717, 1.165) is 19.4 Å². The molecule has 2 N–H and O–H groups in total. The van der Waals surface area contributed by atoms with Crippen LogP contribution in [-0.4, -0.2) is 16.1 Å². The second-order valence-corrected chi connectivity index (χ2v) is 5.12. The van der Waals surface area contributed by atoms with Gasteiger partial charge in [-0.1, -0.05) is 26.7 Å². The summed E-state index contributed by atoms with van der Waals surface area (Å²) in [7, 11) is 2.06. The van der Waals surface area contributed by atoms with E-state index in [9.17, 15) is 0 Å². The third-order valence-corrected chi connectivity index (χ3v) is 4.04. The van der Waals surface area contributed by atoms with Crippen molar-refractivity contribution in [1.29, 1.82) is 0 Å². The van der Waals surface area contributed by atoms with E-state index in [1.54, 1.807) is 0 Å². The standard InChI is InChI=1S/C14H27N3/c1-4-6-8-14(5-2,12-15)9-7-13-16-10-11-17(13)3/h10-11H,4-9,12,15H2,1-3H3. The largest absolute Gasteiger partial charge is 0.338 e. The van der Waals surface area contributed by atoms with E-state index < -0.39 is 0 Å². The van der Waals surface area contributed by atoms with Crippen molar-refractivity contribution in [2.24, 2.45) is 18.2 Å². The predicted octanol–water partition coefficient (Wildman–Crippen LogP) is 2.90. The number of imidazole rings is 1. The van der Waals surface area contributed by atoms with Gasteiger partial charge < -0.3 is 10.3 Å². The maximum Gasteiger partial charge on any atom is 0.108 e. The molecule has 1 unspecified atom stereocenters. The van der Waals surface area contributed by atoms with E-state index in [-0.39, 0.29) is 0 Å². The van der Waals surface area contributed by atoms with Crippen LogP contribution in [0.1, 0.15) is 51.8 Å². The van der Waals surface area contributed by atoms with Gasteiger partial charge in [-0.05, 0) is 31.2 Å². The Hall–Kier alpha value is -0.830. The zero-order valence-corrected chi connectivity index (χ0v) is 11.6. The number of unbranched alkanes of at least 4 members (excludes halogenated alkanes) is 1. The zero-order valence-electron chi connectivity index (χ0n) is 11.6. The topological polar surface area (TPSA) is 43.8 Å². The first-order valence-electron chi connectivity index (χ1n) is 6.83.